The van der Waals surface area contributed by atoms with Crippen LogP contribution in [0, 0.1) is 17.8 Å². The van der Waals surface area contributed by atoms with Gasteiger partial charge in [0.1, 0.15) is 5.15 Å². The first-order chi connectivity index (χ1) is 8.72. The number of rotatable bonds is 1. The molecular formula is C14H18ClN3. The summed E-state index contributed by atoms with van der Waals surface area (Å²) in [6.07, 6.45) is 4.57. The Morgan fingerprint density at radius 1 is 1.28 bits per heavy atom. The van der Waals surface area contributed by atoms with Crippen molar-refractivity contribution in [2.24, 2.45) is 23.5 Å². The van der Waals surface area contributed by atoms with E-state index in [9.17, 15) is 0 Å². The molecule has 3 aliphatic heterocycles. The smallest absolute Gasteiger partial charge is 0.129 e. The molecule has 4 heterocycles. The first kappa shape index (κ1) is 11.2. The third kappa shape index (κ3) is 1.54. The van der Waals surface area contributed by atoms with Crippen molar-refractivity contribution in [3.8, 4) is 0 Å². The molecule has 4 heteroatoms. The first-order valence-electron chi connectivity index (χ1n) is 6.83. The van der Waals surface area contributed by atoms with Gasteiger partial charge in [-0.3, -0.25) is 4.90 Å². The van der Waals surface area contributed by atoms with Crippen molar-refractivity contribution in [2.75, 3.05) is 13.1 Å². The highest BCUT2D eigenvalue weighted by Crippen LogP contribution is 2.51. The number of hydrogen-bond acceptors (Lipinski definition) is 3. The maximum Gasteiger partial charge on any atom is 0.129 e. The first-order valence-corrected chi connectivity index (χ1v) is 7.21. The summed E-state index contributed by atoms with van der Waals surface area (Å²) in [7, 11) is 0. The number of nitrogens with two attached hydrogens (primary N) is 1. The molecule has 1 saturated carbocycles. The zero-order valence-corrected chi connectivity index (χ0v) is 11.1. The van der Waals surface area contributed by atoms with E-state index in [1.54, 1.807) is 0 Å². The van der Waals surface area contributed by atoms with Crippen LogP contribution in [0.25, 0.3) is 0 Å². The highest BCUT2D eigenvalue weighted by atomic mass is 35.5. The van der Waals surface area contributed by atoms with E-state index >= 15 is 0 Å². The number of piperidine rings is 3. The lowest BCUT2D eigenvalue weighted by atomic mass is 9.61. The fourth-order valence-corrected chi connectivity index (χ4v) is 4.60. The standard InChI is InChI=1S/C14H18ClN3/c15-12-2-1-9(5-17-12)14-11-4-8-3-10(13(11)16)7-18(14)6-8/h1-2,5,8,10-11,13-14H,3-4,6-7,16H2/t8?,10?,11?,13?,14-/m0/s1. The average molecular weight is 264 g/mol. The highest BCUT2D eigenvalue weighted by Gasteiger charge is 2.51. The molecule has 2 N–H and O–H groups in total. The highest BCUT2D eigenvalue weighted by molar-refractivity contribution is 6.29. The molecule has 18 heavy (non-hydrogen) atoms. The van der Waals surface area contributed by atoms with Crippen LogP contribution in [0.3, 0.4) is 0 Å². The van der Waals surface area contributed by atoms with E-state index in [0.29, 0.717) is 23.2 Å². The molecule has 4 fully saturated rings. The molecule has 1 aliphatic carbocycles. The Kier molecular flexibility index (Phi) is 2.44. The van der Waals surface area contributed by atoms with Gasteiger partial charge in [0.15, 0.2) is 0 Å². The van der Waals surface area contributed by atoms with Gasteiger partial charge in [0.25, 0.3) is 0 Å². The molecule has 5 rings (SSSR count). The van der Waals surface area contributed by atoms with Crippen LogP contribution in [0.5, 0.6) is 0 Å². The summed E-state index contributed by atoms with van der Waals surface area (Å²) in [5, 5.41) is 0.571. The van der Waals surface area contributed by atoms with Crippen LogP contribution in [-0.2, 0) is 0 Å². The van der Waals surface area contributed by atoms with Crippen molar-refractivity contribution >= 4 is 11.6 Å². The molecule has 0 amide bonds. The van der Waals surface area contributed by atoms with E-state index in [4.69, 9.17) is 17.3 Å². The van der Waals surface area contributed by atoms with Crippen molar-refractivity contribution in [1.29, 1.82) is 0 Å². The summed E-state index contributed by atoms with van der Waals surface area (Å²) in [5.41, 5.74) is 7.74. The summed E-state index contributed by atoms with van der Waals surface area (Å²) >= 11 is 5.88. The van der Waals surface area contributed by atoms with Gasteiger partial charge in [0.2, 0.25) is 0 Å². The number of nitrogens with zero attached hydrogens (tertiary/aromatic N) is 2. The quantitative estimate of drug-likeness (QED) is 0.789. The Morgan fingerprint density at radius 3 is 2.94 bits per heavy atom. The van der Waals surface area contributed by atoms with Crippen LogP contribution in [0.1, 0.15) is 24.4 Å². The van der Waals surface area contributed by atoms with Gasteiger partial charge in [0.05, 0.1) is 0 Å². The molecule has 0 aromatic carbocycles. The van der Waals surface area contributed by atoms with Crippen molar-refractivity contribution in [1.82, 2.24) is 9.88 Å². The molecule has 96 valence electrons. The predicted molar refractivity (Wildman–Crippen MR) is 71.2 cm³/mol. The van der Waals surface area contributed by atoms with Crippen LogP contribution in [0.2, 0.25) is 5.15 Å². The molecule has 5 unspecified atom stereocenters. The number of hydrogen-bond donors (Lipinski definition) is 1. The van der Waals surface area contributed by atoms with E-state index in [2.05, 4.69) is 16.0 Å². The maximum atomic E-state index is 6.45. The van der Waals surface area contributed by atoms with Gasteiger partial charge in [-0.2, -0.15) is 0 Å². The van der Waals surface area contributed by atoms with Crippen LogP contribution >= 0.6 is 11.6 Å². The SMILES string of the molecule is NC1C2CC3CC1[C@H](c1ccc(Cl)nc1)N(C3)C2. The lowest BCUT2D eigenvalue weighted by Crippen LogP contribution is -2.63. The van der Waals surface area contributed by atoms with Crippen LogP contribution < -0.4 is 5.73 Å². The molecule has 6 atom stereocenters. The molecule has 3 saturated heterocycles. The minimum atomic E-state index is 0.374. The maximum absolute atomic E-state index is 6.45. The largest absolute Gasteiger partial charge is 0.327 e. The van der Waals surface area contributed by atoms with Gasteiger partial charge >= 0.3 is 0 Å². The van der Waals surface area contributed by atoms with Crippen LogP contribution in [0.4, 0.5) is 0 Å². The molecule has 0 radical (unpaired) electrons. The lowest BCUT2D eigenvalue weighted by molar-refractivity contribution is -0.0801. The average Bonchev–Trinajstić information content (AvgIpc) is 2.37. The number of halogens is 1. The molecule has 1 aromatic rings. The minimum Gasteiger partial charge on any atom is -0.327 e. The van der Waals surface area contributed by atoms with Gasteiger partial charge in [0, 0.05) is 31.4 Å². The number of pyridine rings is 1. The normalized spacial score (nSPS) is 45.4. The lowest BCUT2D eigenvalue weighted by Gasteiger charge is -2.59. The topological polar surface area (TPSA) is 42.1 Å². The summed E-state index contributed by atoms with van der Waals surface area (Å²) in [4.78, 5) is 6.86. The second kappa shape index (κ2) is 3.92. The monoisotopic (exact) mass is 263 g/mol. The zero-order valence-electron chi connectivity index (χ0n) is 10.3. The summed E-state index contributed by atoms with van der Waals surface area (Å²) in [6.45, 7) is 2.41. The van der Waals surface area contributed by atoms with Gasteiger partial charge < -0.3 is 5.73 Å². The van der Waals surface area contributed by atoms with E-state index < -0.39 is 0 Å². The Labute approximate surface area is 112 Å². The van der Waals surface area contributed by atoms with Gasteiger partial charge in [-0.1, -0.05) is 17.7 Å². The fourth-order valence-electron chi connectivity index (χ4n) is 4.48. The molecule has 4 bridgehead atoms. The van der Waals surface area contributed by atoms with Crippen molar-refractivity contribution in [3.63, 3.8) is 0 Å². The molecule has 3 nitrogen and oxygen atoms in total. The van der Waals surface area contributed by atoms with E-state index in [1.165, 1.54) is 31.5 Å². The van der Waals surface area contributed by atoms with Crippen molar-refractivity contribution < 1.29 is 0 Å². The minimum absolute atomic E-state index is 0.374. The van der Waals surface area contributed by atoms with Gasteiger partial charge in [-0.05, 0) is 42.2 Å². The molecule has 1 aromatic heterocycles. The second-order valence-corrected chi connectivity index (χ2v) is 6.54. The third-order valence-electron chi connectivity index (χ3n) is 5.13. The second-order valence-electron chi connectivity index (χ2n) is 6.15. The Balaban J connectivity index is 1.70. The van der Waals surface area contributed by atoms with E-state index in [1.807, 2.05) is 12.3 Å². The predicted octanol–water partition coefficient (Wildman–Crippen LogP) is 2.08. The third-order valence-corrected chi connectivity index (χ3v) is 5.36. The van der Waals surface area contributed by atoms with Crippen molar-refractivity contribution in [3.05, 3.63) is 29.0 Å². The van der Waals surface area contributed by atoms with Crippen LogP contribution in [-0.4, -0.2) is 29.0 Å². The Bertz CT molecular complexity index is 461. The van der Waals surface area contributed by atoms with E-state index in [-0.39, 0.29) is 0 Å². The molecular weight excluding hydrogens is 246 g/mol. The fraction of sp³-hybridized carbons (Fsp3) is 0.643. The Morgan fingerprint density at radius 2 is 2.17 bits per heavy atom. The summed E-state index contributed by atoms with van der Waals surface area (Å²) < 4.78 is 0. The van der Waals surface area contributed by atoms with Gasteiger partial charge in [-0.15, -0.1) is 0 Å². The molecule has 0 spiro atoms. The van der Waals surface area contributed by atoms with E-state index in [0.717, 1.165) is 11.8 Å². The Hall–Kier alpha value is -0.640. The summed E-state index contributed by atoms with van der Waals surface area (Å²) in [5.74, 6) is 2.21. The summed E-state index contributed by atoms with van der Waals surface area (Å²) in [6, 6.07) is 4.86. The van der Waals surface area contributed by atoms with Crippen molar-refractivity contribution in [2.45, 2.75) is 24.9 Å². The molecule has 4 aliphatic rings. The van der Waals surface area contributed by atoms with Gasteiger partial charge in [-0.25, -0.2) is 4.98 Å². The number of aromatic nitrogens is 1. The van der Waals surface area contributed by atoms with Crippen LogP contribution in [0.15, 0.2) is 18.3 Å². The zero-order chi connectivity index (χ0) is 12.3.